The number of amides is 1. The Kier molecular flexibility index (Phi) is 4.50. The quantitative estimate of drug-likeness (QED) is 0.753. The van der Waals surface area contributed by atoms with Gasteiger partial charge in [-0.05, 0) is 42.5 Å². The monoisotopic (exact) mass is 366 g/mol. The third kappa shape index (κ3) is 3.36. The molecule has 0 aliphatic carbocycles. The van der Waals surface area contributed by atoms with Gasteiger partial charge in [0.1, 0.15) is 17.3 Å². The molecular weight excluding hydrogens is 347 g/mol. The third-order valence-corrected chi connectivity index (χ3v) is 4.54. The van der Waals surface area contributed by atoms with Crippen molar-refractivity contribution in [1.29, 1.82) is 0 Å². The molecule has 1 aliphatic rings. The smallest absolute Gasteiger partial charge is 0.276 e. The van der Waals surface area contributed by atoms with E-state index in [1.807, 2.05) is 24.3 Å². The second kappa shape index (κ2) is 7.11. The summed E-state index contributed by atoms with van der Waals surface area (Å²) in [5.74, 6) is 0.293. The molecule has 27 heavy (non-hydrogen) atoms. The first kappa shape index (κ1) is 17.1. The van der Waals surface area contributed by atoms with Crippen molar-refractivity contribution in [2.45, 2.75) is 13.1 Å². The zero-order valence-electron chi connectivity index (χ0n) is 14.9. The number of nitrogens with zero attached hydrogens (tertiary/aromatic N) is 3. The van der Waals surface area contributed by atoms with E-state index in [0.29, 0.717) is 31.0 Å². The van der Waals surface area contributed by atoms with Crippen LogP contribution in [0.15, 0.2) is 54.6 Å². The Balaban J connectivity index is 1.51. The molecular formula is C20H19FN4O2. The van der Waals surface area contributed by atoms with Crippen molar-refractivity contribution in [2.75, 3.05) is 23.9 Å². The van der Waals surface area contributed by atoms with E-state index in [9.17, 15) is 9.18 Å². The summed E-state index contributed by atoms with van der Waals surface area (Å²) in [5, 5.41) is 7.81. The molecule has 0 saturated heterocycles. The Bertz CT molecular complexity index is 968. The number of anilines is 2. The number of nitrogens with one attached hydrogen (secondary N) is 1. The van der Waals surface area contributed by atoms with E-state index >= 15 is 0 Å². The molecule has 1 aliphatic heterocycles. The van der Waals surface area contributed by atoms with Crippen molar-refractivity contribution in [3.63, 3.8) is 0 Å². The van der Waals surface area contributed by atoms with Crippen LogP contribution in [0.25, 0.3) is 0 Å². The number of para-hydroxylation sites is 2. The zero-order chi connectivity index (χ0) is 18.8. The number of hydrogen-bond donors (Lipinski definition) is 1. The van der Waals surface area contributed by atoms with E-state index in [0.717, 1.165) is 17.1 Å². The van der Waals surface area contributed by atoms with Crippen molar-refractivity contribution in [2.24, 2.45) is 0 Å². The van der Waals surface area contributed by atoms with Gasteiger partial charge in [-0.15, -0.1) is 0 Å². The lowest BCUT2D eigenvalue weighted by Gasteiger charge is -2.27. The fourth-order valence-corrected chi connectivity index (χ4v) is 3.18. The van der Waals surface area contributed by atoms with Crippen molar-refractivity contribution in [1.82, 2.24) is 9.78 Å². The van der Waals surface area contributed by atoms with Gasteiger partial charge in [-0.25, -0.2) is 4.39 Å². The Morgan fingerprint density at radius 1 is 1.15 bits per heavy atom. The lowest BCUT2D eigenvalue weighted by molar-refractivity contribution is 0.0962. The molecule has 1 amide bonds. The van der Waals surface area contributed by atoms with Crippen molar-refractivity contribution in [3.05, 3.63) is 71.8 Å². The summed E-state index contributed by atoms with van der Waals surface area (Å²) < 4.78 is 20.2. The van der Waals surface area contributed by atoms with Gasteiger partial charge in [0.25, 0.3) is 5.91 Å². The molecule has 1 aromatic heterocycles. The summed E-state index contributed by atoms with van der Waals surface area (Å²) in [7, 11) is 1.62. The van der Waals surface area contributed by atoms with Crippen LogP contribution in [0, 0.1) is 5.82 Å². The SMILES string of the molecule is COc1ccccc1NCc1cc2n(n1)CCN(c1ccc(F)cc1)C2=O. The molecule has 0 bridgehead atoms. The average molecular weight is 366 g/mol. The number of aromatic nitrogens is 2. The number of rotatable bonds is 5. The fraction of sp³-hybridized carbons (Fsp3) is 0.200. The van der Waals surface area contributed by atoms with Crippen LogP contribution >= 0.6 is 0 Å². The minimum absolute atomic E-state index is 0.135. The maximum Gasteiger partial charge on any atom is 0.276 e. The van der Waals surface area contributed by atoms with Crippen LogP contribution in [0.2, 0.25) is 0 Å². The van der Waals surface area contributed by atoms with Crippen LogP contribution in [-0.4, -0.2) is 29.3 Å². The summed E-state index contributed by atoms with van der Waals surface area (Å²) in [6.07, 6.45) is 0. The van der Waals surface area contributed by atoms with Gasteiger partial charge in [-0.1, -0.05) is 12.1 Å². The van der Waals surface area contributed by atoms with Crippen LogP contribution in [0.3, 0.4) is 0 Å². The first-order valence-electron chi connectivity index (χ1n) is 8.67. The molecule has 0 saturated carbocycles. The molecule has 0 unspecified atom stereocenters. The number of fused-ring (bicyclic) bond motifs is 1. The second-order valence-corrected chi connectivity index (χ2v) is 6.23. The predicted molar refractivity (Wildman–Crippen MR) is 101 cm³/mol. The van der Waals surface area contributed by atoms with E-state index in [4.69, 9.17) is 4.74 Å². The van der Waals surface area contributed by atoms with Gasteiger partial charge in [0.05, 0.1) is 31.6 Å². The summed E-state index contributed by atoms with van der Waals surface area (Å²) in [5.41, 5.74) is 2.85. The number of benzene rings is 2. The molecule has 1 N–H and O–H groups in total. The standard InChI is InChI=1S/C20H19FN4O2/c1-27-19-5-3-2-4-17(19)22-13-15-12-18-20(26)24(10-11-25(18)23-15)16-8-6-14(21)7-9-16/h2-9,12,22H,10-11,13H2,1H3. The highest BCUT2D eigenvalue weighted by Crippen LogP contribution is 2.25. The predicted octanol–water partition coefficient (Wildman–Crippen LogP) is 3.30. The molecule has 138 valence electrons. The second-order valence-electron chi connectivity index (χ2n) is 6.23. The maximum atomic E-state index is 13.1. The Hall–Kier alpha value is -3.35. The van der Waals surface area contributed by atoms with E-state index in [1.54, 1.807) is 34.9 Å². The molecule has 4 rings (SSSR count). The molecule has 7 heteroatoms. The number of methoxy groups -OCH3 is 1. The minimum Gasteiger partial charge on any atom is -0.495 e. The highest BCUT2D eigenvalue weighted by Gasteiger charge is 2.27. The normalized spacial score (nSPS) is 13.4. The number of halogens is 1. The number of carbonyl (C=O) groups excluding carboxylic acids is 1. The largest absolute Gasteiger partial charge is 0.495 e. The molecule has 0 fully saturated rings. The minimum atomic E-state index is -0.321. The zero-order valence-corrected chi connectivity index (χ0v) is 14.9. The first-order chi connectivity index (χ1) is 13.2. The van der Waals surface area contributed by atoms with E-state index in [1.165, 1.54) is 12.1 Å². The molecule has 2 heterocycles. The first-order valence-corrected chi connectivity index (χ1v) is 8.67. The van der Waals surface area contributed by atoms with Gasteiger partial charge in [0.15, 0.2) is 0 Å². The van der Waals surface area contributed by atoms with Crippen LogP contribution in [0.4, 0.5) is 15.8 Å². The number of hydrogen-bond acceptors (Lipinski definition) is 4. The van der Waals surface area contributed by atoms with E-state index in [2.05, 4.69) is 10.4 Å². The summed E-state index contributed by atoms with van der Waals surface area (Å²) >= 11 is 0. The maximum absolute atomic E-state index is 13.1. The molecule has 6 nitrogen and oxygen atoms in total. The third-order valence-electron chi connectivity index (χ3n) is 4.54. The van der Waals surface area contributed by atoms with Gasteiger partial charge in [0.2, 0.25) is 0 Å². The molecule has 2 aromatic carbocycles. The Labute approximate surface area is 156 Å². The molecule has 0 spiro atoms. The van der Waals surface area contributed by atoms with Gasteiger partial charge in [-0.2, -0.15) is 5.10 Å². The van der Waals surface area contributed by atoms with Gasteiger partial charge >= 0.3 is 0 Å². The topological polar surface area (TPSA) is 59.4 Å². The highest BCUT2D eigenvalue weighted by molar-refractivity contribution is 6.05. The molecule has 0 atom stereocenters. The lowest BCUT2D eigenvalue weighted by Crippen LogP contribution is -2.40. The van der Waals surface area contributed by atoms with Crippen molar-refractivity contribution in [3.8, 4) is 5.75 Å². The van der Waals surface area contributed by atoms with Crippen molar-refractivity contribution < 1.29 is 13.9 Å². The number of ether oxygens (including phenoxy) is 1. The van der Waals surface area contributed by atoms with E-state index < -0.39 is 0 Å². The fourth-order valence-electron chi connectivity index (χ4n) is 3.18. The van der Waals surface area contributed by atoms with Gasteiger partial charge in [0, 0.05) is 12.2 Å². The van der Waals surface area contributed by atoms with E-state index in [-0.39, 0.29) is 11.7 Å². The lowest BCUT2D eigenvalue weighted by atomic mass is 10.2. The summed E-state index contributed by atoms with van der Waals surface area (Å²) in [6, 6.07) is 15.4. The van der Waals surface area contributed by atoms with Gasteiger partial charge < -0.3 is 15.0 Å². The summed E-state index contributed by atoms with van der Waals surface area (Å²) in [6.45, 7) is 1.57. The average Bonchev–Trinajstić information content (AvgIpc) is 3.12. The summed E-state index contributed by atoms with van der Waals surface area (Å²) in [4.78, 5) is 14.5. The highest BCUT2D eigenvalue weighted by atomic mass is 19.1. The molecule has 3 aromatic rings. The van der Waals surface area contributed by atoms with Crippen LogP contribution in [-0.2, 0) is 13.1 Å². The van der Waals surface area contributed by atoms with Crippen LogP contribution in [0.1, 0.15) is 16.2 Å². The Morgan fingerprint density at radius 3 is 2.70 bits per heavy atom. The Morgan fingerprint density at radius 2 is 1.93 bits per heavy atom. The van der Waals surface area contributed by atoms with Crippen LogP contribution < -0.4 is 15.0 Å². The van der Waals surface area contributed by atoms with Crippen molar-refractivity contribution >= 4 is 17.3 Å². The molecule has 0 radical (unpaired) electrons. The van der Waals surface area contributed by atoms with Gasteiger partial charge in [-0.3, -0.25) is 9.48 Å². The number of carbonyl (C=O) groups is 1. The van der Waals surface area contributed by atoms with Crippen LogP contribution in [0.5, 0.6) is 5.75 Å².